The van der Waals surface area contributed by atoms with E-state index in [0.717, 1.165) is 16.6 Å². The van der Waals surface area contributed by atoms with Crippen molar-refractivity contribution in [1.29, 1.82) is 0 Å². The molecule has 0 saturated carbocycles. The van der Waals surface area contributed by atoms with Gasteiger partial charge in [-0.25, -0.2) is 8.78 Å². The van der Waals surface area contributed by atoms with Gasteiger partial charge in [0.2, 0.25) is 5.91 Å². The van der Waals surface area contributed by atoms with Crippen LogP contribution in [0, 0.1) is 11.6 Å². The van der Waals surface area contributed by atoms with Gasteiger partial charge in [-0.05, 0) is 31.5 Å². The molecule has 0 aliphatic rings. The number of thioether (sulfide) groups is 1. The van der Waals surface area contributed by atoms with Crippen LogP contribution in [0.3, 0.4) is 0 Å². The van der Waals surface area contributed by atoms with Gasteiger partial charge in [-0.15, -0.1) is 11.8 Å². The van der Waals surface area contributed by atoms with Crippen LogP contribution < -0.4 is 5.32 Å². The molecule has 2 aromatic carbocycles. The zero-order valence-electron chi connectivity index (χ0n) is 13.7. The normalized spacial score (nSPS) is 10.9. The monoisotopic (exact) mass is 350 g/mol. The third-order valence-corrected chi connectivity index (χ3v) is 4.35. The molecule has 0 atom stereocenters. The standard InChI is InChI=1S/C18H20F2N2OS/c1-22(12-13-7-8-14(19)11-15(13)20)10-9-18(23)21-16-5-3-4-6-17(16)24-2/h3-8,11H,9-10,12H2,1-2H3,(H,21,23). The largest absolute Gasteiger partial charge is 0.325 e. The highest BCUT2D eigenvalue weighted by atomic mass is 32.2. The molecule has 3 nitrogen and oxygen atoms in total. The van der Waals surface area contributed by atoms with Gasteiger partial charge in [-0.1, -0.05) is 18.2 Å². The lowest BCUT2D eigenvalue weighted by Gasteiger charge is -2.17. The van der Waals surface area contributed by atoms with Crippen molar-refractivity contribution in [2.45, 2.75) is 17.9 Å². The van der Waals surface area contributed by atoms with Crippen LogP contribution in [0.4, 0.5) is 14.5 Å². The van der Waals surface area contributed by atoms with Crippen molar-refractivity contribution in [2.75, 3.05) is 25.2 Å². The van der Waals surface area contributed by atoms with E-state index >= 15 is 0 Å². The Balaban J connectivity index is 1.84. The fourth-order valence-corrected chi connectivity index (χ4v) is 2.83. The lowest BCUT2D eigenvalue weighted by atomic mass is 10.2. The van der Waals surface area contributed by atoms with Crippen molar-refractivity contribution < 1.29 is 13.6 Å². The Bertz CT molecular complexity index is 709. The number of nitrogens with one attached hydrogen (secondary N) is 1. The Morgan fingerprint density at radius 3 is 2.67 bits per heavy atom. The van der Waals surface area contributed by atoms with E-state index < -0.39 is 11.6 Å². The molecule has 0 aliphatic heterocycles. The molecular weight excluding hydrogens is 330 g/mol. The van der Waals surface area contributed by atoms with Crippen molar-refractivity contribution in [1.82, 2.24) is 4.90 Å². The highest BCUT2D eigenvalue weighted by Gasteiger charge is 2.10. The second-order valence-corrected chi connectivity index (χ2v) is 6.32. The highest BCUT2D eigenvalue weighted by Crippen LogP contribution is 2.24. The van der Waals surface area contributed by atoms with E-state index in [1.165, 1.54) is 12.1 Å². The van der Waals surface area contributed by atoms with Gasteiger partial charge >= 0.3 is 0 Å². The molecule has 128 valence electrons. The maximum atomic E-state index is 13.6. The molecule has 0 bridgehead atoms. The maximum absolute atomic E-state index is 13.6. The summed E-state index contributed by atoms with van der Waals surface area (Å²) in [6.45, 7) is 0.797. The van der Waals surface area contributed by atoms with Crippen molar-refractivity contribution in [3.05, 3.63) is 59.7 Å². The molecule has 1 amide bonds. The first-order chi connectivity index (χ1) is 11.5. The van der Waals surface area contributed by atoms with E-state index in [0.29, 0.717) is 25.1 Å². The molecule has 2 rings (SSSR count). The van der Waals surface area contributed by atoms with E-state index in [-0.39, 0.29) is 5.91 Å². The number of amides is 1. The first-order valence-corrected chi connectivity index (χ1v) is 8.77. The van der Waals surface area contributed by atoms with Gasteiger partial charge in [0.25, 0.3) is 0 Å². The van der Waals surface area contributed by atoms with Crippen LogP contribution in [0.1, 0.15) is 12.0 Å². The fraction of sp³-hybridized carbons (Fsp3) is 0.278. The lowest BCUT2D eigenvalue weighted by Crippen LogP contribution is -2.24. The smallest absolute Gasteiger partial charge is 0.225 e. The Kier molecular flexibility index (Phi) is 6.75. The van der Waals surface area contributed by atoms with Crippen LogP contribution in [0.15, 0.2) is 47.4 Å². The van der Waals surface area contributed by atoms with E-state index in [1.54, 1.807) is 18.8 Å². The molecule has 0 radical (unpaired) electrons. The molecule has 1 N–H and O–H groups in total. The number of para-hydroxylation sites is 1. The van der Waals surface area contributed by atoms with Gasteiger partial charge in [0, 0.05) is 36.0 Å². The molecule has 2 aromatic rings. The molecule has 6 heteroatoms. The number of hydrogen-bond donors (Lipinski definition) is 1. The maximum Gasteiger partial charge on any atom is 0.225 e. The first-order valence-electron chi connectivity index (χ1n) is 7.55. The fourth-order valence-electron chi connectivity index (χ4n) is 2.27. The lowest BCUT2D eigenvalue weighted by molar-refractivity contribution is -0.116. The number of anilines is 1. The van der Waals surface area contributed by atoms with Gasteiger partial charge in [0.1, 0.15) is 11.6 Å². The molecule has 0 spiro atoms. The number of halogens is 2. The Hall–Kier alpha value is -1.92. The van der Waals surface area contributed by atoms with E-state index in [2.05, 4.69) is 5.32 Å². The number of hydrogen-bond acceptors (Lipinski definition) is 3. The summed E-state index contributed by atoms with van der Waals surface area (Å²) in [6, 6.07) is 11.1. The van der Waals surface area contributed by atoms with Gasteiger partial charge < -0.3 is 10.2 Å². The number of carbonyl (C=O) groups excluding carboxylic acids is 1. The summed E-state index contributed by atoms with van der Waals surface area (Å²) < 4.78 is 26.5. The number of nitrogens with zero attached hydrogens (tertiary/aromatic N) is 1. The molecule has 0 aromatic heterocycles. The summed E-state index contributed by atoms with van der Waals surface area (Å²) in [6.07, 6.45) is 2.25. The van der Waals surface area contributed by atoms with Crippen molar-refractivity contribution in [3.63, 3.8) is 0 Å². The summed E-state index contributed by atoms with van der Waals surface area (Å²) in [5.74, 6) is -1.26. The van der Waals surface area contributed by atoms with Crippen LogP contribution in [0.5, 0.6) is 0 Å². The SMILES string of the molecule is CSc1ccccc1NC(=O)CCN(C)Cc1ccc(F)cc1F. The Morgan fingerprint density at radius 1 is 1.21 bits per heavy atom. The summed E-state index contributed by atoms with van der Waals surface area (Å²) in [5, 5.41) is 2.89. The topological polar surface area (TPSA) is 32.3 Å². The summed E-state index contributed by atoms with van der Waals surface area (Å²) in [7, 11) is 1.80. The van der Waals surface area contributed by atoms with Crippen LogP contribution in [-0.4, -0.2) is 30.7 Å². The van der Waals surface area contributed by atoms with E-state index in [4.69, 9.17) is 0 Å². The number of benzene rings is 2. The van der Waals surface area contributed by atoms with E-state index in [1.807, 2.05) is 35.4 Å². The minimum Gasteiger partial charge on any atom is -0.325 e. The summed E-state index contributed by atoms with van der Waals surface area (Å²) in [5.41, 5.74) is 1.20. The Labute approximate surface area is 145 Å². The van der Waals surface area contributed by atoms with Crippen molar-refractivity contribution in [2.24, 2.45) is 0 Å². The quantitative estimate of drug-likeness (QED) is 0.762. The molecule has 0 unspecified atom stereocenters. The van der Waals surface area contributed by atoms with Crippen LogP contribution in [0.25, 0.3) is 0 Å². The van der Waals surface area contributed by atoms with E-state index in [9.17, 15) is 13.6 Å². The van der Waals surface area contributed by atoms with Crippen LogP contribution >= 0.6 is 11.8 Å². The molecule has 0 fully saturated rings. The van der Waals surface area contributed by atoms with Gasteiger partial charge in [-0.2, -0.15) is 0 Å². The zero-order chi connectivity index (χ0) is 17.5. The third-order valence-electron chi connectivity index (χ3n) is 3.56. The van der Waals surface area contributed by atoms with Crippen LogP contribution in [0.2, 0.25) is 0 Å². The van der Waals surface area contributed by atoms with Crippen LogP contribution in [-0.2, 0) is 11.3 Å². The minimum atomic E-state index is -0.592. The molecule has 24 heavy (non-hydrogen) atoms. The number of carbonyl (C=O) groups is 1. The first kappa shape index (κ1) is 18.4. The minimum absolute atomic E-state index is 0.0945. The van der Waals surface area contributed by atoms with Crippen molar-refractivity contribution >= 4 is 23.4 Å². The Morgan fingerprint density at radius 2 is 1.96 bits per heavy atom. The predicted octanol–water partition coefficient (Wildman–Crippen LogP) is 4.15. The second-order valence-electron chi connectivity index (χ2n) is 5.47. The number of rotatable bonds is 7. The third kappa shape index (κ3) is 5.32. The average molecular weight is 350 g/mol. The van der Waals surface area contributed by atoms with Gasteiger partial charge in [0.15, 0.2) is 0 Å². The second kappa shape index (κ2) is 8.80. The zero-order valence-corrected chi connectivity index (χ0v) is 14.5. The highest BCUT2D eigenvalue weighted by molar-refractivity contribution is 7.98. The average Bonchev–Trinajstić information content (AvgIpc) is 2.56. The molecule has 0 aliphatic carbocycles. The van der Waals surface area contributed by atoms with Gasteiger partial charge in [0.05, 0.1) is 5.69 Å². The molecular formula is C18H20F2N2OS. The summed E-state index contributed by atoms with van der Waals surface area (Å²) >= 11 is 1.57. The summed E-state index contributed by atoms with van der Waals surface area (Å²) in [4.78, 5) is 14.9. The predicted molar refractivity (Wildman–Crippen MR) is 94.2 cm³/mol. The molecule has 0 heterocycles. The molecule has 0 saturated heterocycles. The van der Waals surface area contributed by atoms with Crippen molar-refractivity contribution in [3.8, 4) is 0 Å². The van der Waals surface area contributed by atoms with Gasteiger partial charge in [-0.3, -0.25) is 4.79 Å².